The van der Waals surface area contributed by atoms with Gasteiger partial charge in [0.15, 0.2) is 0 Å². The van der Waals surface area contributed by atoms with Crippen molar-refractivity contribution in [2.75, 3.05) is 17.2 Å². The Balaban J connectivity index is 2.01. The minimum atomic E-state index is -5.05. The molecule has 0 aliphatic heterocycles. The molecule has 1 unspecified atom stereocenters. The SMILES string of the molecule is CC(O)(c1ncc(-c2cc(NCC(F)(F)F)cc(Nc3nccc(C(F)(F)F)n3)c2)s1)C(F)(F)F. The Bertz CT molecular complexity index is 1190. The third-order valence-electron chi connectivity index (χ3n) is 4.39. The van der Waals surface area contributed by atoms with Crippen molar-refractivity contribution in [1.29, 1.82) is 0 Å². The molecule has 1 aromatic carbocycles. The van der Waals surface area contributed by atoms with Gasteiger partial charge >= 0.3 is 18.5 Å². The molecule has 6 nitrogen and oxygen atoms in total. The molecule has 16 heteroatoms. The van der Waals surface area contributed by atoms with Crippen molar-refractivity contribution in [3.63, 3.8) is 0 Å². The summed E-state index contributed by atoms with van der Waals surface area (Å²) in [7, 11) is 0. The van der Waals surface area contributed by atoms with Crippen molar-refractivity contribution < 1.29 is 44.6 Å². The highest BCUT2D eigenvalue weighted by atomic mass is 32.1. The van der Waals surface area contributed by atoms with Crippen molar-refractivity contribution in [2.24, 2.45) is 0 Å². The highest BCUT2D eigenvalue weighted by molar-refractivity contribution is 7.15. The third kappa shape index (κ3) is 6.50. The summed E-state index contributed by atoms with van der Waals surface area (Å²) < 4.78 is 116. The number of nitrogens with one attached hydrogen (secondary N) is 2. The van der Waals surface area contributed by atoms with Crippen LogP contribution in [-0.2, 0) is 11.8 Å². The van der Waals surface area contributed by atoms with E-state index in [2.05, 4.69) is 25.6 Å². The van der Waals surface area contributed by atoms with Crippen molar-refractivity contribution >= 4 is 28.7 Å². The van der Waals surface area contributed by atoms with Crippen LogP contribution in [0.5, 0.6) is 0 Å². The fourth-order valence-electron chi connectivity index (χ4n) is 2.61. The molecular weight excluding hydrogens is 517 g/mol. The molecule has 0 fully saturated rings. The second-order valence-electron chi connectivity index (χ2n) is 7.26. The van der Waals surface area contributed by atoms with Crippen molar-refractivity contribution in [3.8, 4) is 10.4 Å². The van der Waals surface area contributed by atoms with Crippen molar-refractivity contribution in [2.45, 2.75) is 31.1 Å². The summed E-state index contributed by atoms with van der Waals surface area (Å²) in [5.74, 6) is -0.524. The zero-order valence-electron chi connectivity index (χ0n) is 17.3. The summed E-state index contributed by atoms with van der Waals surface area (Å²) in [5, 5.41) is 13.6. The summed E-state index contributed by atoms with van der Waals surface area (Å²) in [6, 6.07) is 4.14. The Morgan fingerprint density at radius 1 is 0.943 bits per heavy atom. The molecule has 0 bridgehead atoms. The zero-order valence-corrected chi connectivity index (χ0v) is 18.1. The first kappa shape index (κ1) is 26.5. The summed E-state index contributed by atoms with van der Waals surface area (Å²) in [5.41, 5.74) is -4.72. The molecule has 0 spiro atoms. The summed E-state index contributed by atoms with van der Waals surface area (Å²) in [6.45, 7) is -0.971. The molecule has 3 aromatic rings. The maximum absolute atomic E-state index is 13.1. The first-order valence-electron chi connectivity index (χ1n) is 9.34. The topological polar surface area (TPSA) is 83.0 Å². The number of hydrogen-bond acceptors (Lipinski definition) is 7. The Labute approximate surface area is 194 Å². The van der Waals surface area contributed by atoms with Crippen LogP contribution >= 0.6 is 11.3 Å². The highest BCUT2D eigenvalue weighted by Gasteiger charge is 2.53. The van der Waals surface area contributed by atoms with Crippen LogP contribution in [0.4, 0.5) is 56.8 Å². The number of benzene rings is 1. The van der Waals surface area contributed by atoms with Crippen LogP contribution in [0.3, 0.4) is 0 Å². The molecule has 2 aromatic heterocycles. The first-order valence-corrected chi connectivity index (χ1v) is 10.2. The average Bonchev–Trinajstić information content (AvgIpc) is 3.21. The molecule has 35 heavy (non-hydrogen) atoms. The van der Waals surface area contributed by atoms with Gasteiger partial charge in [-0.05, 0) is 36.8 Å². The van der Waals surface area contributed by atoms with Crippen LogP contribution in [0.25, 0.3) is 10.4 Å². The van der Waals surface area contributed by atoms with Crippen LogP contribution in [-0.4, -0.2) is 39.0 Å². The van der Waals surface area contributed by atoms with Gasteiger partial charge in [-0.15, -0.1) is 11.3 Å². The van der Waals surface area contributed by atoms with Crippen LogP contribution in [0, 0.1) is 0 Å². The molecule has 190 valence electrons. The van der Waals surface area contributed by atoms with Crippen LogP contribution in [0.2, 0.25) is 0 Å². The summed E-state index contributed by atoms with van der Waals surface area (Å²) in [4.78, 5) is 10.6. The Hall–Kier alpha value is -3.14. The number of hydrogen-bond donors (Lipinski definition) is 3. The van der Waals surface area contributed by atoms with E-state index in [0.717, 1.165) is 18.5 Å². The minimum Gasteiger partial charge on any atom is -0.376 e. The molecular formula is C19H14F9N5OS. The highest BCUT2D eigenvalue weighted by Crippen LogP contribution is 2.42. The molecule has 2 heterocycles. The Morgan fingerprint density at radius 2 is 1.60 bits per heavy atom. The smallest absolute Gasteiger partial charge is 0.376 e. The van der Waals surface area contributed by atoms with E-state index in [9.17, 15) is 44.6 Å². The normalized spacial score (nSPS) is 14.5. The van der Waals surface area contributed by atoms with Gasteiger partial charge in [-0.3, -0.25) is 0 Å². The molecule has 0 amide bonds. The van der Waals surface area contributed by atoms with Gasteiger partial charge < -0.3 is 15.7 Å². The molecule has 0 radical (unpaired) electrons. The molecule has 0 saturated carbocycles. The number of anilines is 3. The predicted molar refractivity (Wildman–Crippen MR) is 108 cm³/mol. The van der Waals surface area contributed by atoms with Gasteiger partial charge in [-0.25, -0.2) is 15.0 Å². The second-order valence-corrected chi connectivity index (χ2v) is 8.29. The fraction of sp³-hybridized carbons (Fsp3) is 0.316. The second kappa shape index (κ2) is 9.14. The first-order chi connectivity index (χ1) is 16.0. The van der Waals surface area contributed by atoms with E-state index in [1.807, 2.05) is 0 Å². The maximum Gasteiger partial charge on any atom is 0.433 e. The standard InChI is InChI=1S/C19H14F9N5OS/c1-16(34,19(26,27)28)14-30-7-12(35-14)9-4-10(31-8-17(20,21)22)6-11(5-9)32-15-29-3-2-13(33-15)18(23,24)25/h2-7,31,34H,8H2,1H3,(H,29,32,33). The van der Waals surface area contributed by atoms with E-state index in [4.69, 9.17) is 0 Å². The van der Waals surface area contributed by atoms with E-state index in [-0.39, 0.29) is 21.8 Å². The van der Waals surface area contributed by atoms with Gasteiger partial charge in [0, 0.05) is 23.8 Å². The van der Waals surface area contributed by atoms with Gasteiger partial charge in [-0.2, -0.15) is 39.5 Å². The third-order valence-corrected chi connectivity index (χ3v) is 5.64. The van der Waals surface area contributed by atoms with Gasteiger partial charge in [0.05, 0.1) is 4.88 Å². The van der Waals surface area contributed by atoms with Crippen molar-refractivity contribution in [3.05, 3.63) is 47.4 Å². The average molecular weight is 531 g/mol. The van der Waals surface area contributed by atoms with E-state index in [1.54, 1.807) is 0 Å². The molecule has 0 saturated heterocycles. The predicted octanol–water partition coefficient (Wildman–Crippen LogP) is 6.11. The number of alkyl halides is 9. The lowest BCUT2D eigenvalue weighted by Gasteiger charge is -2.23. The minimum absolute atomic E-state index is 0.0354. The largest absolute Gasteiger partial charge is 0.433 e. The van der Waals surface area contributed by atoms with E-state index < -0.39 is 47.3 Å². The molecule has 3 N–H and O–H groups in total. The summed E-state index contributed by atoms with van der Waals surface area (Å²) in [6.07, 6.45) is -12.6. The van der Waals surface area contributed by atoms with Gasteiger partial charge in [0.25, 0.3) is 0 Å². The quantitative estimate of drug-likeness (QED) is 0.333. The van der Waals surface area contributed by atoms with Gasteiger partial charge in [-0.1, -0.05) is 0 Å². The van der Waals surface area contributed by atoms with E-state index >= 15 is 0 Å². The monoisotopic (exact) mass is 531 g/mol. The zero-order chi connectivity index (χ0) is 26.2. The number of rotatable bonds is 6. The number of aromatic nitrogens is 3. The lowest BCUT2D eigenvalue weighted by Crippen LogP contribution is -2.39. The number of nitrogens with zero attached hydrogens (tertiary/aromatic N) is 3. The number of thiazole rings is 1. The molecule has 0 aliphatic rings. The van der Waals surface area contributed by atoms with Gasteiger partial charge in [0.1, 0.15) is 17.2 Å². The lowest BCUT2D eigenvalue weighted by molar-refractivity contribution is -0.258. The number of aliphatic hydroxyl groups is 1. The van der Waals surface area contributed by atoms with Crippen LogP contribution in [0.1, 0.15) is 17.6 Å². The molecule has 3 rings (SSSR count). The summed E-state index contributed by atoms with van der Waals surface area (Å²) >= 11 is 0.434. The molecule has 0 aliphatic carbocycles. The van der Waals surface area contributed by atoms with Crippen LogP contribution < -0.4 is 10.6 Å². The van der Waals surface area contributed by atoms with Crippen molar-refractivity contribution in [1.82, 2.24) is 15.0 Å². The number of halogens is 9. The maximum atomic E-state index is 13.1. The lowest BCUT2D eigenvalue weighted by atomic mass is 10.1. The van der Waals surface area contributed by atoms with Gasteiger partial charge in [0.2, 0.25) is 11.5 Å². The van der Waals surface area contributed by atoms with E-state index in [1.165, 1.54) is 12.1 Å². The Kier molecular flexibility index (Phi) is 6.91. The molecule has 1 atom stereocenters. The Morgan fingerprint density at radius 3 is 2.20 bits per heavy atom. The fourth-order valence-corrected chi connectivity index (χ4v) is 3.58. The van der Waals surface area contributed by atoms with Crippen LogP contribution in [0.15, 0.2) is 36.7 Å². The van der Waals surface area contributed by atoms with E-state index in [0.29, 0.717) is 24.3 Å².